The predicted molar refractivity (Wildman–Crippen MR) is 92.4 cm³/mol. The van der Waals surface area contributed by atoms with Crippen molar-refractivity contribution >= 4 is 34.5 Å². The molecule has 25 heavy (non-hydrogen) atoms. The van der Waals surface area contributed by atoms with E-state index in [1.165, 1.54) is 0 Å². The molecule has 0 aliphatic carbocycles. The van der Waals surface area contributed by atoms with Gasteiger partial charge in [-0.15, -0.1) is 0 Å². The van der Waals surface area contributed by atoms with Gasteiger partial charge in [-0.2, -0.15) is 0 Å². The van der Waals surface area contributed by atoms with E-state index in [4.69, 9.17) is 0 Å². The van der Waals surface area contributed by atoms with Crippen molar-refractivity contribution in [1.29, 1.82) is 0 Å². The number of ether oxygens (including phenoxy) is 1. The number of nitrogens with one attached hydrogen (secondary N) is 1. The van der Waals surface area contributed by atoms with E-state index >= 15 is 0 Å². The standard InChI is InChI=1S/C17H13F3INO3/c1-25-17(24)14(6-9-2-4-11(21)5-3-9)22-16(23)15-12(19)7-10(18)8-13(15)20/h2-5,7-8,14H,6H2,1H3,(H,22,23)/t14-/m0/s1. The van der Waals surface area contributed by atoms with E-state index in [0.717, 1.165) is 16.2 Å². The molecule has 0 bridgehead atoms. The van der Waals surface area contributed by atoms with Crippen molar-refractivity contribution in [2.45, 2.75) is 12.5 Å². The molecule has 0 fully saturated rings. The van der Waals surface area contributed by atoms with Crippen molar-refractivity contribution in [2.24, 2.45) is 0 Å². The zero-order valence-electron chi connectivity index (χ0n) is 13.0. The Kier molecular flexibility index (Phi) is 6.40. The van der Waals surface area contributed by atoms with Crippen LogP contribution in [0.15, 0.2) is 36.4 Å². The number of carbonyl (C=O) groups excluding carboxylic acids is 2. The minimum absolute atomic E-state index is 0.0692. The van der Waals surface area contributed by atoms with E-state index in [1.54, 1.807) is 12.1 Å². The number of amides is 1. The average Bonchev–Trinajstić information content (AvgIpc) is 2.54. The minimum Gasteiger partial charge on any atom is -0.467 e. The Morgan fingerprint density at radius 1 is 1.12 bits per heavy atom. The smallest absolute Gasteiger partial charge is 0.328 e. The van der Waals surface area contributed by atoms with Gasteiger partial charge in [-0.1, -0.05) is 12.1 Å². The van der Waals surface area contributed by atoms with Crippen molar-refractivity contribution in [1.82, 2.24) is 5.32 Å². The Labute approximate surface area is 155 Å². The summed E-state index contributed by atoms with van der Waals surface area (Å²) >= 11 is 2.11. The lowest BCUT2D eigenvalue weighted by atomic mass is 10.1. The molecule has 1 atom stereocenters. The Morgan fingerprint density at radius 2 is 1.68 bits per heavy atom. The highest BCUT2D eigenvalue weighted by Gasteiger charge is 2.26. The van der Waals surface area contributed by atoms with Gasteiger partial charge < -0.3 is 10.1 Å². The first kappa shape index (κ1) is 19.2. The lowest BCUT2D eigenvalue weighted by molar-refractivity contribution is -0.142. The number of carbonyl (C=O) groups is 2. The van der Waals surface area contributed by atoms with Crippen molar-refractivity contribution in [2.75, 3.05) is 7.11 Å². The van der Waals surface area contributed by atoms with Gasteiger partial charge in [0, 0.05) is 22.1 Å². The van der Waals surface area contributed by atoms with Crippen LogP contribution in [0.2, 0.25) is 0 Å². The second kappa shape index (κ2) is 8.32. The molecule has 2 rings (SSSR count). The zero-order valence-corrected chi connectivity index (χ0v) is 15.1. The molecule has 0 saturated carbocycles. The van der Waals surface area contributed by atoms with Gasteiger partial charge in [-0.25, -0.2) is 18.0 Å². The SMILES string of the molecule is COC(=O)[C@H](Cc1ccc(I)cc1)NC(=O)c1c(F)cc(F)cc1F. The third-order valence-corrected chi connectivity index (χ3v) is 4.10. The molecule has 2 aromatic rings. The normalized spacial score (nSPS) is 11.7. The van der Waals surface area contributed by atoms with Gasteiger partial charge in [-0.05, 0) is 40.3 Å². The van der Waals surface area contributed by atoms with Crippen LogP contribution in [0.25, 0.3) is 0 Å². The second-order valence-corrected chi connectivity index (χ2v) is 6.37. The molecule has 0 unspecified atom stereocenters. The summed E-state index contributed by atoms with van der Waals surface area (Å²) in [5.41, 5.74) is -0.242. The van der Waals surface area contributed by atoms with Gasteiger partial charge in [0.15, 0.2) is 0 Å². The Balaban J connectivity index is 2.23. The summed E-state index contributed by atoms with van der Waals surface area (Å²) in [7, 11) is 1.13. The number of halogens is 4. The molecule has 2 aromatic carbocycles. The Bertz CT molecular complexity index is 773. The van der Waals surface area contributed by atoms with Gasteiger partial charge in [0.05, 0.1) is 7.11 Å². The quantitative estimate of drug-likeness (QED) is 0.548. The van der Waals surface area contributed by atoms with Crippen molar-refractivity contribution in [3.63, 3.8) is 0 Å². The molecule has 0 radical (unpaired) electrons. The van der Waals surface area contributed by atoms with Crippen LogP contribution < -0.4 is 5.32 Å². The first-order chi connectivity index (χ1) is 11.8. The van der Waals surface area contributed by atoms with E-state index in [2.05, 4.69) is 32.6 Å². The maximum Gasteiger partial charge on any atom is 0.328 e. The third-order valence-electron chi connectivity index (χ3n) is 3.38. The van der Waals surface area contributed by atoms with Crippen LogP contribution in [-0.4, -0.2) is 25.0 Å². The van der Waals surface area contributed by atoms with Gasteiger partial charge in [0.25, 0.3) is 5.91 Å². The molecular formula is C17H13F3INO3. The zero-order chi connectivity index (χ0) is 18.6. The first-order valence-corrected chi connectivity index (χ1v) is 8.17. The molecule has 4 nitrogen and oxygen atoms in total. The summed E-state index contributed by atoms with van der Waals surface area (Å²) in [6.07, 6.45) is 0.0692. The van der Waals surface area contributed by atoms with Crippen LogP contribution in [0.5, 0.6) is 0 Å². The number of benzene rings is 2. The van der Waals surface area contributed by atoms with E-state index in [1.807, 2.05) is 12.1 Å². The number of hydrogen-bond donors (Lipinski definition) is 1. The molecule has 0 aromatic heterocycles. The molecule has 132 valence electrons. The van der Waals surface area contributed by atoms with E-state index in [0.29, 0.717) is 12.1 Å². The molecule has 0 aliphatic rings. The van der Waals surface area contributed by atoms with Crippen LogP contribution >= 0.6 is 22.6 Å². The van der Waals surface area contributed by atoms with Gasteiger partial charge in [-0.3, -0.25) is 4.79 Å². The highest BCUT2D eigenvalue weighted by molar-refractivity contribution is 14.1. The number of rotatable bonds is 5. The Morgan fingerprint density at radius 3 is 2.20 bits per heavy atom. The summed E-state index contributed by atoms with van der Waals surface area (Å²) in [6.45, 7) is 0. The Hall–Kier alpha value is -2.10. The lowest BCUT2D eigenvalue weighted by Crippen LogP contribution is -2.43. The number of methoxy groups -OCH3 is 1. The summed E-state index contributed by atoms with van der Waals surface area (Å²) < 4.78 is 46.0. The van der Waals surface area contributed by atoms with E-state index in [9.17, 15) is 22.8 Å². The minimum atomic E-state index is -1.35. The lowest BCUT2D eigenvalue weighted by Gasteiger charge is -2.17. The third kappa shape index (κ3) is 4.94. The van der Waals surface area contributed by atoms with Crippen LogP contribution in [0.1, 0.15) is 15.9 Å². The van der Waals surface area contributed by atoms with Crippen molar-refractivity contribution in [3.8, 4) is 0 Å². The van der Waals surface area contributed by atoms with E-state index in [-0.39, 0.29) is 6.42 Å². The number of hydrogen-bond acceptors (Lipinski definition) is 3. The molecule has 0 saturated heterocycles. The fourth-order valence-corrected chi connectivity index (χ4v) is 2.54. The van der Waals surface area contributed by atoms with Crippen molar-refractivity contribution < 1.29 is 27.5 Å². The van der Waals surface area contributed by atoms with Crippen LogP contribution in [0.3, 0.4) is 0 Å². The van der Waals surface area contributed by atoms with Crippen LogP contribution in [0, 0.1) is 21.0 Å². The summed E-state index contributed by atoms with van der Waals surface area (Å²) in [6, 6.07) is 6.76. The average molecular weight is 463 g/mol. The summed E-state index contributed by atoms with van der Waals surface area (Å²) in [5, 5.41) is 2.23. The molecule has 1 N–H and O–H groups in total. The highest BCUT2D eigenvalue weighted by atomic mass is 127. The molecule has 8 heteroatoms. The molecule has 0 heterocycles. The van der Waals surface area contributed by atoms with Gasteiger partial charge in [0.2, 0.25) is 0 Å². The molecule has 0 aliphatic heterocycles. The van der Waals surface area contributed by atoms with E-state index < -0.39 is 40.9 Å². The van der Waals surface area contributed by atoms with Crippen LogP contribution in [0.4, 0.5) is 13.2 Å². The monoisotopic (exact) mass is 463 g/mol. The maximum atomic E-state index is 13.7. The largest absolute Gasteiger partial charge is 0.467 e. The topological polar surface area (TPSA) is 55.4 Å². The second-order valence-electron chi connectivity index (χ2n) is 5.12. The maximum absolute atomic E-state index is 13.7. The summed E-state index contributed by atoms with van der Waals surface area (Å²) in [4.78, 5) is 24.0. The van der Waals surface area contributed by atoms with Gasteiger partial charge in [0.1, 0.15) is 29.1 Å². The molecule has 0 spiro atoms. The predicted octanol–water partition coefficient (Wildman–Crippen LogP) is 3.22. The van der Waals surface area contributed by atoms with Crippen molar-refractivity contribution in [3.05, 3.63) is 68.5 Å². The highest BCUT2D eigenvalue weighted by Crippen LogP contribution is 2.16. The number of esters is 1. The molecule has 1 amide bonds. The summed E-state index contributed by atoms with van der Waals surface area (Å²) in [5.74, 6) is -5.79. The fraction of sp³-hybridized carbons (Fsp3) is 0.176. The van der Waals surface area contributed by atoms with Gasteiger partial charge >= 0.3 is 5.97 Å². The van der Waals surface area contributed by atoms with Crippen LogP contribution in [-0.2, 0) is 16.0 Å². The molecular weight excluding hydrogens is 450 g/mol. The fourth-order valence-electron chi connectivity index (χ4n) is 2.18. The first-order valence-electron chi connectivity index (χ1n) is 7.09.